The van der Waals surface area contributed by atoms with Gasteiger partial charge in [0.15, 0.2) is 5.16 Å². The number of carbonyl (C=O) groups is 1. The third-order valence-corrected chi connectivity index (χ3v) is 6.66. The van der Waals surface area contributed by atoms with Gasteiger partial charge in [-0.1, -0.05) is 59.8 Å². The van der Waals surface area contributed by atoms with Crippen LogP contribution in [-0.2, 0) is 11.3 Å². The predicted molar refractivity (Wildman–Crippen MR) is 118 cm³/mol. The zero-order valence-electron chi connectivity index (χ0n) is 16.4. The van der Waals surface area contributed by atoms with Crippen molar-refractivity contribution in [3.63, 3.8) is 0 Å². The van der Waals surface area contributed by atoms with Crippen LogP contribution in [0.4, 0.5) is 5.69 Å². The van der Waals surface area contributed by atoms with E-state index in [9.17, 15) is 4.79 Å². The minimum Gasteiger partial charge on any atom is -0.325 e. The zero-order chi connectivity index (χ0) is 20.4. The molecule has 2 unspecified atom stereocenters. The van der Waals surface area contributed by atoms with Crippen molar-refractivity contribution in [1.29, 1.82) is 0 Å². The summed E-state index contributed by atoms with van der Waals surface area (Å²) in [6.45, 7) is 4.77. The maximum Gasteiger partial charge on any atom is 0.234 e. The molecule has 2 aromatic carbocycles. The van der Waals surface area contributed by atoms with E-state index in [1.807, 2.05) is 31.2 Å². The molecule has 4 rings (SSSR count). The summed E-state index contributed by atoms with van der Waals surface area (Å²) in [6.07, 6.45) is 1.10. The largest absolute Gasteiger partial charge is 0.325 e. The molecule has 7 heteroatoms. The highest BCUT2D eigenvalue weighted by molar-refractivity contribution is 7.99. The maximum absolute atomic E-state index is 12.4. The first kappa shape index (κ1) is 20.0. The van der Waals surface area contributed by atoms with Gasteiger partial charge in [-0.2, -0.15) is 0 Å². The summed E-state index contributed by atoms with van der Waals surface area (Å²) in [4.78, 5) is 12.4. The summed E-state index contributed by atoms with van der Waals surface area (Å²) in [5.74, 6) is 2.13. The molecule has 1 aliphatic carbocycles. The molecular formula is C22H23ClN4OS. The lowest BCUT2D eigenvalue weighted by molar-refractivity contribution is -0.113. The minimum absolute atomic E-state index is 0.0823. The van der Waals surface area contributed by atoms with E-state index in [0.29, 0.717) is 16.9 Å². The molecule has 2 atom stereocenters. The van der Waals surface area contributed by atoms with E-state index in [-0.39, 0.29) is 11.7 Å². The molecule has 1 saturated carbocycles. The Morgan fingerprint density at radius 2 is 1.97 bits per heavy atom. The molecule has 150 valence electrons. The fourth-order valence-electron chi connectivity index (χ4n) is 3.59. The number of amides is 1. The van der Waals surface area contributed by atoms with Crippen LogP contribution in [0.15, 0.2) is 53.7 Å². The molecule has 1 N–H and O–H groups in total. The van der Waals surface area contributed by atoms with Gasteiger partial charge in [-0.15, -0.1) is 10.2 Å². The van der Waals surface area contributed by atoms with E-state index in [1.54, 1.807) is 0 Å². The summed E-state index contributed by atoms with van der Waals surface area (Å²) < 4.78 is 2.14. The van der Waals surface area contributed by atoms with Gasteiger partial charge in [-0.05, 0) is 49.4 Å². The van der Waals surface area contributed by atoms with Crippen molar-refractivity contribution in [1.82, 2.24) is 14.8 Å². The van der Waals surface area contributed by atoms with Crippen LogP contribution in [0.5, 0.6) is 0 Å². The van der Waals surface area contributed by atoms with Crippen molar-refractivity contribution in [3.8, 4) is 0 Å². The molecule has 29 heavy (non-hydrogen) atoms. The molecule has 0 spiro atoms. The molecule has 0 radical (unpaired) electrons. The van der Waals surface area contributed by atoms with E-state index in [4.69, 9.17) is 11.6 Å². The molecule has 1 amide bonds. The molecule has 5 nitrogen and oxygen atoms in total. The van der Waals surface area contributed by atoms with E-state index < -0.39 is 0 Å². The number of hydrogen-bond acceptors (Lipinski definition) is 4. The first-order chi connectivity index (χ1) is 14.1. The van der Waals surface area contributed by atoms with Crippen LogP contribution in [0.1, 0.15) is 42.1 Å². The summed E-state index contributed by atoms with van der Waals surface area (Å²) in [5, 5.41) is 13.2. The van der Waals surface area contributed by atoms with Crippen LogP contribution < -0.4 is 5.32 Å². The van der Waals surface area contributed by atoms with E-state index in [1.165, 1.54) is 17.3 Å². The summed E-state index contributed by atoms with van der Waals surface area (Å²) >= 11 is 7.54. The van der Waals surface area contributed by atoms with Crippen LogP contribution in [0.2, 0.25) is 5.02 Å². The lowest BCUT2D eigenvalue weighted by atomic mass is 10.1. The third kappa shape index (κ3) is 4.33. The van der Waals surface area contributed by atoms with Crippen molar-refractivity contribution in [2.24, 2.45) is 0 Å². The van der Waals surface area contributed by atoms with Crippen molar-refractivity contribution in [2.75, 3.05) is 11.1 Å². The predicted octanol–water partition coefficient (Wildman–Crippen LogP) is 5.26. The van der Waals surface area contributed by atoms with Gasteiger partial charge in [-0.3, -0.25) is 4.79 Å². The van der Waals surface area contributed by atoms with Gasteiger partial charge in [0.25, 0.3) is 0 Å². The highest BCUT2D eigenvalue weighted by Crippen LogP contribution is 2.54. The highest BCUT2D eigenvalue weighted by atomic mass is 35.5. The van der Waals surface area contributed by atoms with Crippen LogP contribution in [0.25, 0.3) is 0 Å². The second-order valence-corrected chi connectivity index (χ2v) is 8.54. The van der Waals surface area contributed by atoms with Crippen molar-refractivity contribution >= 4 is 35.0 Å². The van der Waals surface area contributed by atoms with Gasteiger partial charge < -0.3 is 9.88 Å². The number of thioether (sulfide) groups is 1. The Hall–Kier alpha value is -2.31. The smallest absolute Gasteiger partial charge is 0.234 e. The van der Waals surface area contributed by atoms with Crippen LogP contribution >= 0.6 is 23.4 Å². The summed E-state index contributed by atoms with van der Waals surface area (Å²) in [7, 11) is 0. The van der Waals surface area contributed by atoms with Crippen LogP contribution in [0.3, 0.4) is 0 Å². The number of aromatic nitrogens is 3. The van der Waals surface area contributed by atoms with Crippen molar-refractivity contribution in [2.45, 2.75) is 43.8 Å². The quantitative estimate of drug-likeness (QED) is 0.523. The Morgan fingerprint density at radius 3 is 2.72 bits per heavy atom. The van der Waals surface area contributed by atoms with Gasteiger partial charge >= 0.3 is 0 Å². The van der Waals surface area contributed by atoms with E-state index >= 15 is 0 Å². The van der Waals surface area contributed by atoms with Crippen molar-refractivity contribution in [3.05, 3.63) is 70.5 Å². The highest BCUT2D eigenvalue weighted by Gasteiger charge is 2.43. The molecule has 1 fully saturated rings. The summed E-state index contributed by atoms with van der Waals surface area (Å²) in [5.41, 5.74) is 2.96. The number of carbonyl (C=O) groups excluding carboxylic acids is 1. The number of hydrogen-bond donors (Lipinski definition) is 1. The second kappa shape index (κ2) is 8.59. The molecule has 3 aromatic rings. The van der Waals surface area contributed by atoms with Crippen LogP contribution in [-0.4, -0.2) is 26.4 Å². The lowest BCUT2D eigenvalue weighted by Crippen LogP contribution is -2.15. The molecule has 0 aliphatic heterocycles. The average molecular weight is 427 g/mol. The Kier molecular flexibility index (Phi) is 5.92. The van der Waals surface area contributed by atoms with Crippen LogP contribution in [0, 0.1) is 6.92 Å². The Labute approximate surface area is 179 Å². The monoisotopic (exact) mass is 426 g/mol. The van der Waals surface area contributed by atoms with Gasteiger partial charge in [-0.25, -0.2) is 0 Å². The third-order valence-electron chi connectivity index (χ3n) is 5.29. The molecule has 1 aromatic heterocycles. The lowest BCUT2D eigenvalue weighted by Gasteiger charge is -2.10. The number of anilines is 1. The Bertz CT molecular complexity index is 1020. The fraction of sp³-hybridized carbons (Fsp3) is 0.318. The average Bonchev–Trinajstić information content (AvgIpc) is 3.42. The zero-order valence-corrected chi connectivity index (χ0v) is 18.0. The first-order valence-electron chi connectivity index (χ1n) is 9.74. The van der Waals surface area contributed by atoms with Gasteiger partial charge in [0.2, 0.25) is 5.91 Å². The van der Waals surface area contributed by atoms with Gasteiger partial charge in [0.1, 0.15) is 5.82 Å². The van der Waals surface area contributed by atoms with E-state index in [2.05, 4.69) is 51.3 Å². The molecule has 1 heterocycles. The minimum atomic E-state index is -0.0823. The SMILES string of the molecule is CCn1c(SCC(=O)Nc2cccc(Cl)c2C)nnc1C1CC1c1ccccc1. The first-order valence-corrected chi connectivity index (χ1v) is 11.1. The number of rotatable bonds is 7. The summed E-state index contributed by atoms with van der Waals surface area (Å²) in [6, 6.07) is 16.1. The number of nitrogens with zero attached hydrogens (tertiary/aromatic N) is 3. The number of nitrogens with one attached hydrogen (secondary N) is 1. The molecular weight excluding hydrogens is 404 g/mol. The number of benzene rings is 2. The maximum atomic E-state index is 12.4. The van der Waals surface area contributed by atoms with Gasteiger partial charge in [0, 0.05) is 23.2 Å². The standard InChI is InChI=1S/C22H23ClN4OS/c1-3-27-21(17-12-16(17)15-8-5-4-6-9-15)25-26-22(27)29-13-20(28)24-19-11-7-10-18(23)14(19)2/h4-11,16-17H,3,12-13H2,1-2H3,(H,24,28). The molecule has 0 saturated heterocycles. The normalized spacial score (nSPS) is 17.9. The van der Waals surface area contributed by atoms with Crippen molar-refractivity contribution < 1.29 is 4.79 Å². The molecule has 1 aliphatic rings. The second-order valence-electron chi connectivity index (χ2n) is 7.19. The molecule has 0 bridgehead atoms. The Morgan fingerprint density at radius 1 is 1.17 bits per heavy atom. The number of halogens is 1. The Balaban J connectivity index is 1.40. The van der Waals surface area contributed by atoms with Gasteiger partial charge in [0.05, 0.1) is 5.75 Å². The van der Waals surface area contributed by atoms with E-state index in [0.717, 1.165) is 35.2 Å². The fourth-order valence-corrected chi connectivity index (χ4v) is 4.57. The topological polar surface area (TPSA) is 59.8 Å².